The van der Waals surface area contributed by atoms with Crippen molar-refractivity contribution in [2.45, 2.75) is 25.8 Å². The first kappa shape index (κ1) is 12.0. The molecular weight excluding hydrogens is 244 g/mol. The van der Waals surface area contributed by atoms with E-state index in [9.17, 15) is 4.79 Å². The van der Waals surface area contributed by atoms with E-state index in [0.29, 0.717) is 24.0 Å². The van der Waals surface area contributed by atoms with Crippen molar-refractivity contribution >= 4 is 5.91 Å². The molecule has 0 radical (unpaired) electrons. The van der Waals surface area contributed by atoms with E-state index >= 15 is 0 Å². The van der Waals surface area contributed by atoms with Gasteiger partial charge >= 0.3 is 0 Å². The maximum Gasteiger partial charge on any atom is 0.276 e. The van der Waals surface area contributed by atoms with Gasteiger partial charge in [-0.25, -0.2) is 4.98 Å². The van der Waals surface area contributed by atoms with E-state index in [1.807, 2.05) is 11.1 Å². The molecule has 0 saturated carbocycles. The number of likely N-dealkylation sites (tertiary alicyclic amines) is 1. The van der Waals surface area contributed by atoms with Crippen LogP contribution in [0.15, 0.2) is 29.3 Å². The van der Waals surface area contributed by atoms with E-state index < -0.39 is 0 Å². The first-order chi connectivity index (χ1) is 9.24. The predicted molar refractivity (Wildman–Crippen MR) is 67.6 cm³/mol. The third-order valence-corrected chi connectivity index (χ3v) is 3.48. The fourth-order valence-corrected chi connectivity index (χ4v) is 2.50. The van der Waals surface area contributed by atoms with Crippen molar-refractivity contribution in [3.8, 4) is 0 Å². The molecule has 1 atom stereocenters. The zero-order chi connectivity index (χ0) is 13.2. The van der Waals surface area contributed by atoms with Gasteiger partial charge in [0.15, 0.2) is 5.69 Å². The van der Waals surface area contributed by atoms with Crippen LogP contribution >= 0.6 is 0 Å². The Hall–Kier alpha value is -2.11. The van der Waals surface area contributed by atoms with E-state index in [1.165, 1.54) is 0 Å². The molecule has 1 saturated heterocycles. The molecule has 0 bridgehead atoms. The molecular formula is C13H16N4O2. The van der Waals surface area contributed by atoms with Gasteiger partial charge in [-0.1, -0.05) is 5.16 Å². The number of hydrogen-bond donors (Lipinski definition) is 0. The lowest BCUT2D eigenvalue weighted by Gasteiger charge is -2.32. The predicted octanol–water partition coefficient (Wildman–Crippen LogP) is 1.66. The van der Waals surface area contributed by atoms with Crippen LogP contribution in [0.25, 0.3) is 0 Å². The standard InChI is InChI=1S/C13H16N4O2/c1-10-7-12(15-19-10)13(18)16-5-2-3-11(8-16)17-6-4-14-9-17/h4,6-7,9,11H,2-3,5,8H2,1H3. The van der Waals surface area contributed by atoms with Crippen LogP contribution in [0, 0.1) is 6.92 Å². The fourth-order valence-electron chi connectivity index (χ4n) is 2.50. The highest BCUT2D eigenvalue weighted by Crippen LogP contribution is 2.22. The zero-order valence-corrected chi connectivity index (χ0v) is 10.8. The second kappa shape index (κ2) is 4.87. The SMILES string of the molecule is Cc1cc(C(=O)N2CCCC(n3ccnc3)C2)no1. The molecule has 2 aromatic rings. The molecule has 2 aromatic heterocycles. The van der Waals surface area contributed by atoms with Crippen molar-refractivity contribution < 1.29 is 9.32 Å². The molecule has 19 heavy (non-hydrogen) atoms. The minimum Gasteiger partial charge on any atom is -0.361 e. The Balaban J connectivity index is 1.73. The number of hydrogen-bond acceptors (Lipinski definition) is 4. The average Bonchev–Trinajstić information content (AvgIpc) is 3.09. The number of amides is 1. The highest BCUT2D eigenvalue weighted by atomic mass is 16.5. The van der Waals surface area contributed by atoms with Crippen molar-refractivity contribution in [2.75, 3.05) is 13.1 Å². The highest BCUT2D eigenvalue weighted by molar-refractivity contribution is 5.92. The van der Waals surface area contributed by atoms with Crippen LogP contribution in [-0.2, 0) is 0 Å². The maximum absolute atomic E-state index is 12.3. The number of rotatable bonds is 2. The van der Waals surface area contributed by atoms with Gasteiger partial charge in [0.05, 0.1) is 12.4 Å². The number of nitrogens with zero attached hydrogens (tertiary/aromatic N) is 4. The number of carbonyl (C=O) groups is 1. The van der Waals surface area contributed by atoms with Crippen molar-refractivity contribution in [1.82, 2.24) is 19.6 Å². The summed E-state index contributed by atoms with van der Waals surface area (Å²) in [5.74, 6) is 0.605. The van der Waals surface area contributed by atoms with Crippen molar-refractivity contribution in [2.24, 2.45) is 0 Å². The summed E-state index contributed by atoms with van der Waals surface area (Å²) >= 11 is 0. The number of aryl methyl sites for hydroxylation is 1. The zero-order valence-electron chi connectivity index (χ0n) is 10.8. The van der Waals surface area contributed by atoms with Crippen LogP contribution in [0.3, 0.4) is 0 Å². The van der Waals surface area contributed by atoms with Gasteiger partial charge in [-0.15, -0.1) is 0 Å². The van der Waals surface area contributed by atoms with E-state index in [-0.39, 0.29) is 5.91 Å². The summed E-state index contributed by atoms with van der Waals surface area (Å²) < 4.78 is 7.03. The minimum atomic E-state index is -0.0540. The number of piperidine rings is 1. The Morgan fingerprint density at radius 1 is 1.53 bits per heavy atom. The number of imidazole rings is 1. The van der Waals surface area contributed by atoms with Crippen LogP contribution in [0.5, 0.6) is 0 Å². The number of carbonyl (C=O) groups excluding carboxylic acids is 1. The molecule has 6 heteroatoms. The summed E-state index contributed by atoms with van der Waals surface area (Å²) in [5.41, 5.74) is 0.392. The second-order valence-corrected chi connectivity index (χ2v) is 4.88. The van der Waals surface area contributed by atoms with Gasteiger partial charge in [0.2, 0.25) is 0 Å². The van der Waals surface area contributed by atoms with Crippen LogP contribution in [-0.4, -0.2) is 38.6 Å². The topological polar surface area (TPSA) is 64.2 Å². The summed E-state index contributed by atoms with van der Waals surface area (Å²) in [4.78, 5) is 18.2. The Kier molecular flexibility index (Phi) is 3.06. The molecule has 0 N–H and O–H groups in total. The minimum absolute atomic E-state index is 0.0540. The second-order valence-electron chi connectivity index (χ2n) is 4.88. The normalized spacial score (nSPS) is 19.6. The van der Waals surface area contributed by atoms with E-state index in [0.717, 1.165) is 19.4 Å². The van der Waals surface area contributed by atoms with Gasteiger partial charge < -0.3 is 14.0 Å². The lowest BCUT2D eigenvalue weighted by atomic mass is 10.1. The lowest BCUT2D eigenvalue weighted by Crippen LogP contribution is -2.40. The van der Waals surface area contributed by atoms with Crippen molar-refractivity contribution in [3.05, 3.63) is 36.2 Å². The Morgan fingerprint density at radius 3 is 3.11 bits per heavy atom. The van der Waals surface area contributed by atoms with E-state index in [1.54, 1.807) is 25.5 Å². The fraction of sp³-hybridized carbons (Fsp3) is 0.462. The third kappa shape index (κ3) is 2.38. The van der Waals surface area contributed by atoms with Crippen molar-refractivity contribution in [3.63, 3.8) is 0 Å². The Morgan fingerprint density at radius 2 is 2.42 bits per heavy atom. The molecule has 3 rings (SSSR count). The van der Waals surface area contributed by atoms with Crippen molar-refractivity contribution in [1.29, 1.82) is 0 Å². The van der Waals surface area contributed by atoms with E-state index in [2.05, 4.69) is 14.7 Å². The average molecular weight is 260 g/mol. The first-order valence-corrected chi connectivity index (χ1v) is 6.44. The molecule has 6 nitrogen and oxygen atoms in total. The molecule has 0 aromatic carbocycles. The molecule has 1 amide bonds. The molecule has 1 unspecified atom stereocenters. The van der Waals surface area contributed by atoms with Gasteiger partial charge in [-0.3, -0.25) is 4.79 Å². The summed E-state index contributed by atoms with van der Waals surface area (Å²) in [6.07, 6.45) is 7.57. The quantitative estimate of drug-likeness (QED) is 0.823. The Labute approximate surface area is 111 Å². The smallest absolute Gasteiger partial charge is 0.276 e. The lowest BCUT2D eigenvalue weighted by molar-refractivity contribution is 0.0669. The molecule has 100 valence electrons. The van der Waals surface area contributed by atoms with E-state index in [4.69, 9.17) is 4.52 Å². The molecule has 0 aliphatic carbocycles. The monoisotopic (exact) mass is 260 g/mol. The summed E-state index contributed by atoms with van der Waals surface area (Å²) in [6, 6.07) is 1.98. The molecule has 1 aliphatic heterocycles. The van der Waals surface area contributed by atoms with Gasteiger partial charge in [0.1, 0.15) is 5.76 Å². The van der Waals surface area contributed by atoms with Gasteiger partial charge in [0.25, 0.3) is 5.91 Å². The van der Waals surface area contributed by atoms with Gasteiger partial charge in [-0.2, -0.15) is 0 Å². The summed E-state index contributed by atoms with van der Waals surface area (Å²) in [5, 5.41) is 3.79. The molecule has 1 fully saturated rings. The number of aromatic nitrogens is 3. The van der Waals surface area contributed by atoms with Crippen LogP contribution in [0.2, 0.25) is 0 Å². The largest absolute Gasteiger partial charge is 0.361 e. The highest BCUT2D eigenvalue weighted by Gasteiger charge is 2.26. The third-order valence-electron chi connectivity index (χ3n) is 3.48. The maximum atomic E-state index is 12.3. The van der Waals surface area contributed by atoms with Crippen LogP contribution in [0.1, 0.15) is 35.1 Å². The van der Waals surface area contributed by atoms with Gasteiger partial charge in [0, 0.05) is 31.5 Å². The summed E-state index contributed by atoms with van der Waals surface area (Å²) in [6.45, 7) is 3.26. The van der Waals surface area contributed by atoms with Crippen LogP contribution in [0.4, 0.5) is 0 Å². The summed E-state index contributed by atoms with van der Waals surface area (Å²) in [7, 11) is 0. The molecule has 1 aliphatic rings. The van der Waals surface area contributed by atoms with Gasteiger partial charge in [-0.05, 0) is 19.8 Å². The molecule has 3 heterocycles. The Bertz CT molecular complexity index is 561. The first-order valence-electron chi connectivity index (χ1n) is 6.44. The van der Waals surface area contributed by atoms with Crippen LogP contribution < -0.4 is 0 Å². The molecule has 0 spiro atoms.